The molecule has 0 radical (unpaired) electrons. The summed E-state index contributed by atoms with van der Waals surface area (Å²) in [6.07, 6.45) is 2.06. The van der Waals surface area contributed by atoms with Crippen LogP contribution >= 0.6 is 0 Å². The van der Waals surface area contributed by atoms with Gasteiger partial charge in [0, 0.05) is 19.2 Å². The van der Waals surface area contributed by atoms with E-state index in [0.717, 1.165) is 36.4 Å². The first-order valence-electron chi connectivity index (χ1n) is 7.11. The zero-order valence-electron chi connectivity index (χ0n) is 12.7. The van der Waals surface area contributed by atoms with Gasteiger partial charge in [0.05, 0.1) is 12.8 Å². The lowest BCUT2D eigenvalue weighted by Gasteiger charge is -2.15. The minimum Gasteiger partial charge on any atom is -0.497 e. The van der Waals surface area contributed by atoms with Gasteiger partial charge in [-0.1, -0.05) is 25.5 Å². The molecule has 0 aliphatic heterocycles. The van der Waals surface area contributed by atoms with Gasteiger partial charge < -0.3 is 9.64 Å². The second-order valence-corrected chi connectivity index (χ2v) is 4.98. The molecule has 2 aromatic rings. The van der Waals surface area contributed by atoms with E-state index in [1.165, 1.54) is 0 Å². The van der Waals surface area contributed by atoms with E-state index < -0.39 is 0 Å². The van der Waals surface area contributed by atoms with Gasteiger partial charge in [-0.15, -0.1) is 0 Å². The van der Waals surface area contributed by atoms with Gasteiger partial charge in [0.1, 0.15) is 11.4 Å². The highest BCUT2D eigenvalue weighted by Gasteiger charge is 2.15. The molecule has 5 heteroatoms. The van der Waals surface area contributed by atoms with Crippen LogP contribution in [0.1, 0.15) is 30.3 Å². The molecule has 1 N–H and O–H groups in total. The number of hydrogen-bond acceptors (Lipinski definition) is 3. The van der Waals surface area contributed by atoms with Crippen LogP contribution in [0.5, 0.6) is 5.75 Å². The van der Waals surface area contributed by atoms with Crippen LogP contribution in [0.4, 0.5) is 0 Å². The van der Waals surface area contributed by atoms with Crippen molar-refractivity contribution in [1.29, 1.82) is 0 Å². The fourth-order valence-electron chi connectivity index (χ4n) is 2.06. The molecule has 0 unspecified atom stereocenters. The summed E-state index contributed by atoms with van der Waals surface area (Å²) in [5.74, 6) is 0.730. The van der Waals surface area contributed by atoms with Crippen LogP contribution in [0.2, 0.25) is 0 Å². The fourth-order valence-corrected chi connectivity index (χ4v) is 2.06. The van der Waals surface area contributed by atoms with E-state index in [2.05, 4.69) is 17.1 Å². The van der Waals surface area contributed by atoms with Crippen molar-refractivity contribution in [2.24, 2.45) is 0 Å². The van der Waals surface area contributed by atoms with Crippen molar-refractivity contribution >= 4 is 5.91 Å². The van der Waals surface area contributed by atoms with Crippen LogP contribution in [0.3, 0.4) is 0 Å². The minimum atomic E-state index is -0.0369. The van der Waals surface area contributed by atoms with Crippen molar-refractivity contribution in [2.45, 2.75) is 19.8 Å². The third kappa shape index (κ3) is 3.62. The highest BCUT2D eigenvalue weighted by Crippen LogP contribution is 2.22. The maximum Gasteiger partial charge on any atom is 0.271 e. The average Bonchev–Trinajstić information content (AvgIpc) is 3.01. The molecule has 2 rings (SSSR count). The Kier molecular flexibility index (Phi) is 4.98. The van der Waals surface area contributed by atoms with Gasteiger partial charge in [0.2, 0.25) is 0 Å². The minimum absolute atomic E-state index is 0.0369. The predicted molar refractivity (Wildman–Crippen MR) is 82.4 cm³/mol. The number of ether oxygens (including phenoxy) is 1. The Labute approximate surface area is 124 Å². The quantitative estimate of drug-likeness (QED) is 0.888. The smallest absolute Gasteiger partial charge is 0.271 e. The molecule has 1 heterocycles. The Bertz CT molecular complexity index is 607. The van der Waals surface area contributed by atoms with E-state index >= 15 is 0 Å². The van der Waals surface area contributed by atoms with E-state index in [1.807, 2.05) is 31.3 Å². The monoisotopic (exact) mass is 287 g/mol. The van der Waals surface area contributed by atoms with Crippen LogP contribution in [0, 0.1) is 0 Å². The van der Waals surface area contributed by atoms with E-state index in [1.54, 1.807) is 18.1 Å². The van der Waals surface area contributed by atoms with Crippen molar-refractivity contribution < 1.29 is 9.53 Å². The fraction of sp³-hybridized carbons (Fsp3) is 0.375. The van der Waals surface area contributed by atoms with Crippen LogP contribution in [-0.4, -0.2) is 41.7 Å². The number of unbranched alkanes of at least 4 members (excludes halogenated alkanes) is 1. The van der Waals surface area contributed by atoms with Crippen molar-refractivity contribution in [2.75, 3.05) is 20.7 Å². The zero-order chi connectivity index (χ0) is 15.2. The number of hydrogen-bond donors (Lipinski definition) is 1. The number of methoxy groups -OCH3 is 1. The molecular weight excluding hydrogens is 266 g/mol. The van der Waals surface area contributed by atoms with Crippen LogP contribution in [-0.2, 0) is 0 Å². The molecular formula is C16H21N3O2. The Morgan fingerprint density at radius 3 is 2.90 bits per heavy atom. The molecule has 0 fully saturated rings. The Hall–Kier alpha value is -2.30. The van der Waals surface area contributed by atoms with Gasteiger partial charge in [-0.3, -0.25) is 9.89 Å². The number of aromatic amines is 1. The Morgan fingerprint density at radius 2 is 2.19 bits per heavy atom. The van der Waals surface area contributed by atoms with E-state index in [9.17, 15) is 4.79 Å². The number of rotatable bonds is 6. The van der Waals surface area contributed by atoms with Gasteiger partial charge in [0.15, 0.2) is 0 Å². The van der Waals surface area contributed by atoms with E-state index in [-0.39, 0.29) is 5.91 Å². The summed E-state index contributed by atoms with van der Waals surface area (Å²) in [6.45, 7) is 2.86. The van der Waals surface area contributed by atoms with Gasteiger partial charge in [-0.05, 0) is 24.6 Å². The maximum atomic E-state index is 12.2. The summed E-state index contributed by atoms with van der Waals surface area (Å²) in [4.78, 5) is 14.0. The molecule has 5 nitrogen and oxygen atoms in total. The number of carbonyl (C=O) groups excluding carboxylic acids is 1. The summed E-state index contributed by atoms with van der Waals surface area (Å²) < 4.78 is 5.20. The van der Waals surface area contributed by atoms with Crippen LogP contribution in [0.15, 0.2) is 30.3 Å². The molecule has 0 saturated carbocycles. The zero-order valence-corrected chi connectivity index (χ0v) is 12.7. The van der Waals surface area contributed by atoms with Gasteiger partial charge in [-0.2, -0.15) is 5.10 Å². The average molecular weight is 287 g/mol. The number of benzene rings is 1. The summed E-state index contributed by atoms with van der Waals surface area (Å²) in [7, 11) is 3.44. The molecule has 1 aromatic heterocycles. The number of nitrogens with one attached hydrogen (secondary N) is 1. The molecule has 0 aliphatic carbocycles. The first-order valence-corrected chi connectivity index (χ1v) is 7.11. The van der Waals surface area contributed by atoms with Crippen molar-refractivity contribution in [3.63, 3.8) is 0 Å². The number of H-pyrrole nitrogens is 1. The van der Waals surface area contributed by atoms with Crippen LogP contribution in [0.25, 0.3) is 11.3 Å². The van der Waals surface area contributed by atoms with Gasteiger partial charge in [-0.25, -0.2) is 0 Å². The highest BCUT2D eigenvalue weighted by molar-refractivity contribution is 5.93. The summed E-state index contributed by atoms with van der Waals surface area (Å²) in [5.41, 5.74) is 2.16. The molecule has 21 heavy (non-hydrogen) atoms. The molecule has 0 bridgehead atoms. The first-order chi connectivity index (χ1) is 10.2. The second kappa shape index (κ2) is 6.92. The lowest BCUT2D eigenvalue weighted by Crippen LogP contribution is -2.27. The molecule has 0 spiro atoms. The number of amides is 1. The molecule has 1 aromatic carbocycles. The Morgan fingerprint density at radius 1 is 1.38 bits per heavy atom. The topological polar surface area (TPSA) is 58.2 Å². The normalized spacial score (nSPS) is 10.4. The third-order valence-electron chi connectivity index (χ3n) is 3.37. The summed E-state index contributed by atoms with van der Waals surface area (Å²) in [6, 6.07) is 9.39. The number of nitrogens with zero attached hydrogens (tertiary/aromatic N) is 2. The standard InChI is InChI=1S/C16H21N3O2/c1-4-5-9-19(2)16(20)15-11-14(17-18-15)12-7-6-8-13(10-12)21-3/h6-8,10-11H,4-5,9H2,1-3H3,(H,17,18). The predicted octanol–water partition coefficient (Wildman–Crippen LogP) is 2.96. The third-order valence-corrected chi connectivity index (χ3v) is 3.37. The van der Waals surface area contributed by atoms with Crippen molar-refractivity contribution in [1.82, 2.24) is 15.1 Å². The second-order valence-electron chi connectivity index (χ2n) is 4.98. The molecule has 0 atom stereocenters. The SMILES string of the molecule is CCCCN(C)C(=O)c1cc(-c2cccc(OC)c2)n[nH]1. The summed E-state index contributed by atoms with van der Waals surface area (Å²) >= 11 is 0. The largest absolute Gasteiger partial charge is 0.497 e. The molecule has 112 valence electrons. The Balaban J connectivity index is 2.15. The van der Waals surface area contributed by atoms with E-state index in [4.69, 9.17) is 4.74 Å². The van der Waals surface area contributed by atoms with Crippen LogP contribution < -0.4 is 4.74 Å². The molecule has 1 amide bonds. The van der Waals surface area contributed by atoms with Crippen molar-refractivity contribution in [3.8, 4) is 17.0 Å². The van der Waals surface area contributed by atoms with Gasteiger partial charge >= 0.3 is 0 Å². The van der Waals surface area contributed by atoms with Crippen molar-refractivity contribution in [3.05, 3.63) is 36.0 Å². The highest BCUT2D eigenvalue weighted by atomic mass is 16.5. The van der Waals surface area contributed by atoms with Gasteiger partial charge in [0.25, 0.3) is 5.91 Å². The first kappa shape index (κ1) is 15.1. The maximum absolute atomic E-state index is 12.2. The summed E-state index contributed by atoms with van der Waals surface area (Å²) in [5, 5.41) is 7.03. The lowest BCUT2D eigenvalue weighted by molar-refractivity contribution is 0.0787. The lowest BCUT2D eigenvalue weighted by atomic mass is 10.1. The molecule has 0 aliphatic rings. The molecule has 0 saturated heterocycles. The number of aromatic nitrogens is 2. The number of carbonyl (C=O) groups is 1. The van der Waals surface area contributed by atoms with E-state index in [0.29, 0.717) is 5.69 Å².